The molecule has 0 saturated heterocycles. The summed E-state index contributed by atoms with van der Waals surface area (Å²) in [5.74, 6) is 1.22. The number of aliphatic hydroxyl groups excluding tert-OH is 1. The second kappa shape index (κ2) is 6.29. The van der Waals surface area contributed by atoms with Crippen LogP contribution in [0.3, 0.4) is 0 Å². The zero-order chi connectivity index (χ0) is 16.4. The van der Waals surface area contributed by atoms with Gasteiger partial charge in [-0.1, -0.05) is 0 Å². The van der Waals surface area contributed by atoms with Crippen LogP contribution in [0.4, 0.5) is 5.82 Å². The highest BCUT2D eigenvalue weighted by molar-refractivity contribution is 5.77. The van der Waals surface area contributed by atoms with Crippen LogP contribution in [0.15, 0.2) is 24.5 Å². The van der Waals surface area contributed by atoms with Crippen molar-refractivity contribution < 1.29 is 9.90 Å². The largest absolute Gasteiger partial charge is 0.387 e. The molecule has 2 aromatic heterocycles. The van der Waals surface area contributed by atoms with Gasteiger partial charge in [-0.3, -0.25) is 9.78 Å². The molecule has 0 aliphatic carbocycles. The smallest absolute Gasteiger partial charge is 0.248 e. The van der Waals surface area contributed by atoms with E-state index in [1.807, 2.05) is 31.1 Å². The van der Waals surface area contributed by atoms with E-state index in [1.165, 1.54) is 0 Å². The molecule has 23 heavy (non-hydrogen) atoms. The number of rotatable bonds is 3. The highest BCUT2D eigenvalue weighted by atomic mass is 16.3. The second-order valence-corrected chi connectivity index (χ2v) is 5.65. The van der Waals surface area contributed by atoms with E-state index in [0.717, 1.165) is 22.6 Å². The zero-order valence-corrected chi connectivity index (χ0v) is 13.2. The first-order valence-corrected chi connectivity index (χ1v) is 7.46. The number of amides is 1. The van der Waals surface area contributed by atoms with Crippen LogP contribution >= 0.6 is 0 Å². The van der Waals surface area contributed by atoms with Gasteiger partial charge in [-0.15, -0.1) is 0 Å². The van der Waals surface area contributed by atoms with Gasteiger partial charge in [-0.2, -0.15) is 0 Å². The highest BCUT2D eigenvalue weighted by Crippen LogP contribution is 2.28. The summed E-state index contributed by atoms with van der Waals surface area (Å²) in [6, 6.07) is 3.72. The van der Waals surface area contributed by atoms with Crippen LogP contribution in [-0.4, -0.2) is 58.1 Å². The Morgan fingerprint density at radius 3 is 2.70 bits per heavy atom. The number of hydrogen-bond donors (Lipinski definition) is 1. The Balaban J connectivity index is 2.06. The maximum absolute atomic E-state index is 11.8. The molecule has 0 saturated carbocycles. The molecule has 0 atom stereocenters. The average Bonchev–Trinajstić information content (AvgIpc) is 2.60. The quantitative estimate of drug-likeness (QED) is 0.887. The molecule has 7 nitrogen and oxygen atoms in total. The van der Waals surface area contributed by atoms with Crippen LogP contribution in [-0.2, 0) is 17.8 Å². The van der Waals surface area contributed by atoms with Crippen LogP contribution in [0, 0.1) is 0 Å². The fourth-order valence-electron chi connectivity index (χ4n) is 2.72. The number of pyridine rings is 1. The van der Waals surface area contributed by atoms with E-state index in [0.29, 0.717) is 25.3 Å². The average molecular weight is 313 g/mol. The lowest BCUT2D eigenvalue weighted by molar-refractivity contribution is -0.135. The molecule has 0 spiro atoms. The lowest BCUT2D eigenvalue weighted by atomic mass is 10.0. The summed E-state index contributed by atoms with van der Waals surface area (Å²) < 4.78 is 0. The molecular weight excluding hydrogens is 294 g/mol. The summed E-state index contributed by atoms with van der Waals surface area (Å²) >= 11 is 0. The highest BCUT2D eigenvalue weighted by Gasteiger charge is 2.25. The summed E-state index contributed by atoms with van der Waals surface area (Å²) in [4.78, 5) is 28.7. The monoisotopic (exact) mass is 313 g/mol. The Hall–Kier alpha value is -2.54. The maximum Gasteiger partial charge on any atom is 0.248 e. The Labute approximate surface area is 134 Å². The standard InChI is InChI=1S/C16H19N5O2/c1-20(2)16-12-5-8-21(14(23)10-22)9-13(12)18-15(19-16)11-3-6-17-7-4-11/h3-4,6-7,22H,5,8-10H2,1-2H3. The third-order valence-electron chi connectivity index (χ3n) is 3.89. The fourth-order valence-corrected chi connectivity index (χ4v) is 2.72. The van der Waals surface area contributed by atoms with Crippen molar-refractivity contribution in [1.82, 2.24) is 19.9 Å². The van der Waals surface area contributed by atoms with Gasteiger partial charge in [-0.05, 0) is 18.6 Å². The predicted molar refractivity (Wildman–Crippen MR) is 85.8 cm³/mol. The molecule has 0 aromatic carbocycles. The van der Waals surface area contributed by atoms with E-state index in [2.05, 4.69) is 15.0 Å². The minimum absolute atomic E-state index is 0.272. The molecule has 7 heteroatoms. The number of anilines is 1. The zero-order valence-electron chi connectivity index (χ0n) is 13.2. The maximum atomic E-state index is 11.8. The number of aliphatic hydroxyl groups is 1. The molecule has 120 valence electrons. The van der Waals surface area contributed by atoms with Gasteiger partial charge in [0.1, 0.15) is 12.4 Å². The normalized spacial score (nSPS) is 13.6. The minimum atomic E-state index is -0.474. The lowest BCUT2D eigenvalue weighted by Gasteiger charge is -2.30. The topological polar surface area (TPSA) is 82.5 Å². The van der Waals surface area contributed by atoms with Gasteiger partial charge in [0.2, 0.25) is 5.91 Å². The number of aromatic nitrogens is 3. The van der Waals surface area contributed by atoms with Gasteiger partial charge in [0, 0.05) is 44.2 Å². The lowest BCUT2D eigenvalue weighted by Crippen LogP contribution is -2.38. The molecule has 0 unspecified atom stereocenters. The molecule has 1 aliphatic heterocycles. The first kappa shape index (κ1) is 15.4. The molecule has 1 amide bonds. The van der Waals surface area contributed by atoms with Crippen molar-refractivity contribution in [1.29, 1.82) is 0 Å². The summed E-state index contributed by atoms with van der Waals surface area (Å²) in [6.07, 6.45) is 4.09. The van der Waals surface area contributed by atoms with E-state index in [9.17, 15) is 4.79 Å². The van der Waals surface area contributed by atoms with E-state index in [-0.39, 0.29) is 5.91 Å². The van der Waals surface area contributed by atoms with Gasteiger partial charge < -0.3 is 14.9 Å². The minimum Gasteiger partial charge on any atom is -0.387 e. The first-order valence-electron chi connectivity index (χ1n) is 7.46. The number of carbonyl (C=O) groups excluding carboxylic acids is 1. The molecule has 1 aliphatic rings. The summed E-state index contributed by atoms with van der Waals surface area (Å²) in [5.41, 5.74) is 2.79. The van der Waals surface area contributed by atoms with Gasteiger partial charge >= 0.3 is 0 Å². The van der Waals surface area contributed by atoms with Gasteiger partial charge in [0.05, 0.1) is 12.2 Å². The van der Waals surface area contributed by atoms with Crippen molar-refractivity contribution in [2.75, 3.05) is 32.1 Å². The van der Waals surface area contributed by atoms with Crippen molar-refractivity contribution in [3.63, 3.8) is 0 Å². The van der Waals surface area contributed by atoms with Crippen LogP contribution in [0.2, 0.25) is 0 Å². The van der Waals surface area contributed by atoms with Crippen LogP contribution in [0.1, 0.15) is 11.3 Å². The Kier molecular flexibility index (Phi) is 4.20. The first-order chi connectivity index (χ1) is 11.1. The van der Waals surface area contributed by atoms with Crippen LogP contribution in [0.25, 0.3) is 11.4 Å². The predicted octanol–water partition coefficient (Wildman–Crippen LogP) is 0.482. The SMILES string of the molecule is CN(C)c1nc(-c2ccncc2)nc2c1CCN(C(=O)CO)C2. The van der Waals surface area contributed by atoms with E-state index < -0.39 is 6.61 Å². The van der Waals surface area contributed by atoms with Gasteiger partial charge in [-0.25, -0.2) is 9.97 Å². The molecule has 0 bridgehead atoms. The third kappa shape index (κ3) is 3.00. The second-order valence-electron chi connectivity index (χ2n) is 5.65. The molecule has 1 N–H and O–H groups in total. The molecule has 3 heterocycles. The van der Waals surface area contributed by atoms with Crippen LogP contribution in [0.5, 0.6) is 0 Å². The Morgan fingerprint density at radius 2 is 2.04 bits per heavy atom. The number of nitrogens with zero attached hydrogens (tertiary/aromatic N) is 5. The molecule has 3 rings (SSSR count). The van der Waals surface area contributed by atoms with Crippen molar-refractivity contribution in [3.8, 4) is 11.4 Å². The van der Waals surface area contributed by atoms with Gasteiger partial charge in [0.25, 0.3) is 0 Å². The van der Waals surface area contributed by atoms with Crippen molar-refractivity contribution in [2.45, 2.75) is 13.0 Å². The molecule has 2 aromatic rings. The Morgan fingerprint density at radius 1 is 1.30 bits per heavy atom. The summed E-state index contributed by atoms with van der Waals surface area (Å²) in [5, 5.41) is 9.07. The number of carbonyl (C=O) groups is 1. The summed E-state index contributed by atoms with van der Waals surface area (Å²) in [7, 11) is 3.90. The van der Waals surface area contributed by atoms with Crippen molar-refractivity contribution >= 4 is 11.7 Å². The molecular formula is C16H19N5O2. The van der Waals surface area contributed by atoms with E-state index in [1.54, 1.807) is 17.3 Å². The van der Waals surface area contributed by atoms with E-state index in [4.69, 9.17) is 5.11 Å². The number of fused-ring (bicyclic) bond motifs is 1. The Bertz CT molecular complexity index is 718. The number of hydrogen-bond acceptors (Lipinski definition) is 6. The van der Waals surface area contributed by atoms with Gasteiger partial charge in [0.15, 0.2) is 5.82 Å². The van der Waals surface area contributed by atoms with Crippen molar-refractivity contribution in [2.24, 2.45) is 0 Å². The molecule has 0 fully saturated rings. The molecule has 0 radical (unpaired) electrons. The fraction of sp³-hybridized carbons (Fsp3) is 0.375. The van der Waals surface area contributed by atoms with Crippen LogP contribution < -0.4 is 4.90 Å². The van der Waals surface area contributed by atoms with Crippen molar-refractivity contribution in [3.05, 3.63) is 35.8 Å². The summed E-state index contributed by atoms with van der Waals surface area (Å²) in [6.45, 7) is 0.500. The van der Waals surface area contributed by atoms with E-state index >= 15 is 0 Å². The third-order valence-corrected chi connectivity index (χ3v) is 3.89.